The van der Waals surface area contributed by atoms with Crippen LogP contribution < -0.4 is 4.74 Å². The quantitative estimate of drug-likeness (QED) is 0.487. The van der Waals surface area contributed by atoms with Crippen LogP contribution in [0.5, 0.6) is 5.75 Å². The molecule has 7 heteroatoms. The topological polar surface area (TPSA) is 52.4 Å². The molecular weight excluding hydrogens is 287 g/mol. The molecule has 4 nitrogen and oxygen atoms in total. The van der Waals surface area contributed by atoms with Crippen LogP contribution in [0.2, 0.25) is 0 Å². The summed E-state index contributed by atoms with van der Waals surface area (Å²) in [6.45, 7) is 3.40. The van der Waals surface area contributed by atoms with Gasteiger partial charge >= 0.3 is 6.18 Å². The molecule has 114 valence electrons. The number of rotatable bonds is 3. The van der Waals surface area contributed by atoms with Crippen molar-refractivity contribution in [2.75, 3.05) is 7.11 Å². The summed E-state index contributed by atoms with van der Waals surface area (Å²) in [6.07, 6.45) is -4.81. The average Bonchev–Trinajstić information content (AvgIpc) is 2.76. The highest BCUT2D eigenvalue weighted by Crippen LogP contribution is 2.51. The van der Waals surface area contributed by atoms with Gasteiger partial charge in [0, 0.05) is 11.3 Å². The van der Waals surface area contributed by atoms with E-state index >= 15 is 0 Å². The molecular formula is C14H14F3NO3. The molecule has 1 saturated carbocycles. The van der Waals surface area contributed by atoms with Crippen LogP contribution in [0.4, 0.5) is 13.2 Å². The highest BCUT2D eigenvalue weighted by atomic mass is 19.4. The normalized spacial score (nSPS) is 25.9. The first-order valence-electron chi connectivity index (χ1n) is 6.27. The van der Waals surface area contributed by atoms with Gasteiger partial charge in [0.25, 0.3) is 0 Å². The van der Waals surface area contributed by atoms with Crippen LogP contribution in [0.3, 0.4) is 0 Å². The van der Waals surface area contributed by atoms with Crippen molar-refractivity contribution in [3.63, 3.8) is 0 Å². The Morgan fingerprint density at radius 2 is 1.90 bits per heavy atom. The summed E-state index contributed by atoms with van der Waals surface area (Å²) in [5.74, 6) is -2.66. The van der Waals surface area contributed by atoms with Crippen molar-refractivity contribution < 1.29 is 22.8 Å². The summed E-state index contributed by atoms with van der Waals surface area (Å²) in [5.41, 5.74) is 0.142. The highest BCUT2D eigenvalue weighted by Gasteiger charge is 2.57. The number of methoxy groups -OCH3 is 1. The lowest BCUT2D eigenvalue weighted by molar-refractivity contribution is -0.524. The lowest BCUT2D eigenvalue weighted by Gasteiger charge is -2.23. The van der Waals surface area contributed by atoms with Crippen molar-refractivity contribution >= 4 is 0 Å². The Balaban J connectivity index is 2.46. The minimum absolute atomic E-state index is 0.134. The van der Waals surface area contributed by atoms with Crippen LogP contribution >= 0.6 is 0 Å². The maximum atomic E-state index is 13.2. The predicted octanol–water partition coefficient (Wildman–Crippen LogP) is 3.56. The van der Waals surface area contributed by atoms with Gasteiger partial charge in [0.15, 0.2) is 0 Å². The average molecular weight is 301 g/mol. The summed E-state index contributed by atoms with van der Waals surface area (Å²) in [6, 6.07) is 4.58. The van der Waals surface area contributed by atoms with E-state index in [4.69, 9.17) is 4.74 Å². The molecule has 0 unspecified atom stereocenters. The van der Waals surface area contributed by atoms with Crippen LogP contribution in [0.25, 0.3) is 0 Å². The molecule has 0 radical (unpaired) electrons. The first-order valence-corrected chi connectivity index (χ1v) is 6.27. The van der Waals surface area contributed by atoms with E-state index in [0.717, 1.165) is 0 Å². The Labute approximate surface area is 119 Å². The van der Waals surface area contributed by atoms with Crippen LogP contribution in [0.15, 0.2) is 36.4 Å². The number of hydrogen-bond donors (Lipinski definition) is 0. The minimum Gasteiger partial charge on any atom is -0.497 e. The second-order valence-electron chi connectivity index (χ2n) is 5.03. The third-order valence-corrected chi connectivity index (χ3v) is 3.81. The van der Waals surface area contributed by atoms with Gasteiger partial charge in [0.1, 0.15) is 5.75 Å². The lowest BCUT2D eigenvalue weighted by atomic mass is 9.85. The Hall–Kier alpha value is -2.05. The zero-order valence-electron chi connectivity index (χ0n) is 11.3. The van der Waals surface area contributed by atoms with Crippen molar-refractivity contribution in [1.82, 2.24) is 0 Å². The van der Waals surface area contributed by atoms with Gasteiger partial charge in [-0.3, -0.25) is 10.1 Å². The molecule has 1 aliphatic rings. The van der Waals surface area contributed by atoms with Gasteiger partial charge in [-0.05, 0) is 17.7 Å². The number of halogens is 3. The Morgan fingerprint density at radius 1 is 1.33 bits per heavy atom. The summed E-state index contributed by atoms with van der Waals surface area (Å²) >= 11 is 0. The lowest BCUT2D eigenvalue weighted by Crippen LogP contribution is -2.32. The van der Waals surface area contributed by atoms with Crippen molar-refractivity contribution in [1.29, 1.82) is 0 Å². The van der Waals surface area contributed by atoms with E-state index in [1.54, 1.807) is 0 Å². The molecule has 0 spiro atoms. The Bertz CT molecular complexity index is 554. The summed E-state index contributed by atoms with van der Waals surface area (Å²) in [7, 11) is 1.44. The van der Waals surface area contributed by atoms with Crippen LogP contribution in [-0.4, -0.2) is 24.3 Å². The minimum atomic E-state index is -4.55. The van der Waals surface area contributed by atoms with E-state index in [9.17, 15) is 23.3 Å². The molecule has 0 heterocycles. The molecule has 0 bridgehead atoms. The van der Waals surface area contributed by atoms with Crippen LogP contribution in [0.1, 0.15) is 17.9 Å². The maximum Gasteiger partial charge on any atom is 0.396 e. The molecule has 0 amide bonds. The molecule has 2 rings (SSSR count). The van der Waals surface area contributed by atoms with E-state index in [1.165, 1.54) is 31.4 Å². The molecule has 1 aromatic rings. The number of hydrogen-bond acceptors (Lipinski definition) is 3. The van der Waals surface area contributed by atoms with Crippen LogP contribution in [-0.2, 0) is 0 Å². The van der Waals surface area contributed by atoms with Crippen LogP contribution in [0, 0.1) is 16.0 Å². The van der Waals surface area contributed by atoms with Crippen molar-refractivity contribution in [3.05, 3.63) is 52.1 Å². The first kappa shape index (κ1) is 15.3. The largest absolute Gasteiger partial charge is 0.497 e. The zero-order chi connectivity index (χ0) is 15.8. The summed E-state index contributed by atoms with van der Waals surface area (Å²) < 4.78 is 44.6. The summed E-state index contributed by atoms with van der Waals surface area (Å²) in [4.78, 5) is 10.5. The molecule has 0 saturated heterocycles. The fourth-order valence-corrected chi connectivity index (χ4v) is 2.88. The fraction of sp³-hybridized carbons (Fsp3) is 0.429. The number of nitro groups is 1. The number of alkyl halides is 3. The van der Waals surface area contributed by atoms with Gasteiger partial charge in [-0.25, -0.2) is 0 Å². The predicted molar refractivity (Wildman–Crippen MR) is 69.8 cm³/mol. The van der Waals surface area contributed by atoms with Gasteiger partial charge in [-0.1, -0.05) is 24.3 Å². The number of ether oxygens (including phenoxy) is 1. The zero-order valence-corrected chi connectivity index (χ0v) is 11.3. The van der Waals surface area contributed by atoms with E-state index in [0.29, 0.717) is 5.75 Å². The summed E-state index contributed by atoms with van der Waals surface area (Å²) in [5, 5.41) is 11.1. The second-order valence-corrected chi connectivity index (χ2v) is 5.03. The molecule has 0 aromatic heterocycles. The third-order valence-electron chi connectivity index (χ3n) is 3.81. The smallest absolute Gasteiger partial charge is 0.396 e. The SMILES string of the molecule is C=C1C[C@H]([N+](=O)[O-])[C@@H](c2ccc(OC)cc2)[C@H]1C(F)(F)F. The maximum absolute atomic E-state index is 13.2. The van der Waals surface area contributed by atoms with Crippen molar-refractivity contribution in [3.8, 4) is 5.75 Å². The molecule has 21 heavy (non-hydrogen) atoms. The standard InChI is InChI=1S/C14H14F3NO3/c1-8-7-11(18(19)20)12(13(8)14(15,16)17)9-3-5-10(21-2)6-4-9/h3-6,11-13H,1,7H2,2H3/t11-,12+,13-/m0/s1. The van der Waals surface area contributed by atoms with E-state index < -0.39 is 29.0 Å². The Kier molecular flexibility index (Phi) is 3.93. The number of benzene rings is 1. The molecule has 1 fully saturated rings. The van der Waals surface area contributed by atoms with E-state index in [2.05, 4.69) is 6.58 Å². The van der Waals surface area contributed by atoms with Crippen molar-refractivity contribution in [2.24, 2.45) is 5.92 Å². The Morgan fingerprint density at radius 3 is 2.33 bits per heavy atom. The molecule has 1 aliphatic carbocycles. The van der Waals surface area contributed by atoms with Crippen molar-refractivity contribution in [2.45, 2.75) is 24.6 Å². The molecule has 1 aromatic carbocycles. The fourth-order valence-electron chi connectivity index (χ4n) is 2.88. The monoisotopic (exact) mass is 301 g/mol. The highest BCUT2D eigenvalue weighted by molar-refractivity contribution is 5.35. The molecule has 3 atom stereocenters. The molecule has 0 aliphatic heterocycles. The van der Waals surface area contributed by atoms with Gasteiger partial charge in [-0.15, -0.1) is 0 Å². The van der Waals surface area contributed by atoms with Gasteiger partial charge in [0.05, 0.1) is 18.9 Å². The van der Waals surface area contributed by atoms with Gasteiger partial charge in [0.2, 0.25) is 6.04 Å². The van der Waals surface area contributed by atoms with E-state index in [-0.39, 0.29) is 17.6 Å². The second kappa shape index (κ2) is 5.38. The number of nitrogens with zero attached hydrogens (tertiary/aromatic N) is 1. The third kappa shape index (κ3) is 2.86. The molecule has 0 N–H and O–H groups in total. The van der Waals surface area contributed by atoms with E-state index in [1.807, 2.05) is 0 Å². The first-order chi connectivity index (χ1) is 9.75. The van der Waals surface area contributed by atoms with Gasteiger partial charge < -0.3 is 4.74 Å². The van der Waals surface area contributed by atoms with Gasteiger partial charge in [-0.2, -0.15) is 13.2 Å².